The summed E-state index contributed by atoms with van der Waals surface area (Å²) in [6.45, 7) is 0. The fourth-order valence-corrected chi connectivity index (χ4v) is 3.45. The van der Waals surface area contributed by atoms with Gasteiger partial charge in [0.05, 0.1) is 43.7 Å². The second-order valence-corrected chi connectivity index (χ2v) is 6.41. The smallest absolute Gasteiger partial charge is 0.336 e. The molecule has 0 atom stereocenters. The summed E-state index contributed by atoms with van der Waals surface area (Å²) in [5.74, 6) is 0.188. The van der Waals surface area contributed by atoms with Gasteiger partial charge in [0.25, 0.3) is 0 Å². The molecule has 4 rings (SSSR count). The van der Waals surface area contributed by atoms with Crippen molar-refractivity contribution in [1.29, 1.82) is 0 Å². The van der Waals surface area contributed by atoms with Crippen molar-refractivity contribution >= 4 is 17.0 Å². The lowest BCUT2D eigenvalue weighted by Gasteiger charge is -2.15. The van der Waals surface area contributed by atoms with Crippen LogP contribution in [0.1, 0.15) is 10.4 Å². The maximum Gasteiger partial charge on any atom is 0.336 e. The zero-order valence-electron chi connectivity index (χ0n) is 16.6. The van der Waals surface area contributed by atoms with Gasteiger partial charge in [0.1, 0.15) is 0 Å². The fourth-order valence-electron chi connectivity index (χ4n) is 3.45. The van der Waals surface area contributed by atoms with Crippen LogP contribution < -0.4 is 14.2 Å². The Morgan fingerprint density at radius 3 is 2.33 bits per heavy atom. The summed E-state index contributed by atoms with van der Waals surface area (Å²) in [6, 6.07) is 14.4. The van der Waals surface area contributed by atoms with Crippen LogP contribution in [0.4, 0.5) is 0 Å². The van der Waals surface area contributed by atoms with Crippen molar-refractivity contribution in [3.8, 4) is 39.8 Å². The summed E-state index contributed by atoms with van der Waals surface area (Å²) in [4.78, 5) is 16.7. The highest BCUT2D eigenvalue weighted by Gasteiger charge is 2.23. The fraction of sp³-hybridized carbons (Fsp3) is 0.136. The van der Waals surface area contributed by atoms with Gasteiger partial charge >= 0.3 is 5.97 Å². The summed E-state index contributed by atoms with van der Waals surface area (Å²) in [7, 11) is 4.53. The van der Waals surface area contributed by atoms with E-state index in [-0.39, 0.29) is 5.56 Å². The van der Waals surface area contributed by atoms with Gasteiger partial charge in [-0.15, -0.1) is 0 Å². The van der Waals surface area contributed by atoms with Gasteiger partial charge in [0, 0.05) is 11.1 Å². The van der Waals surface area contributed by atoms with Crippen LogP contribution in [0.2, 0.25) is 0 Å². The number of hydrogen-bond donors (Lipinski definition) is 2. The molecule has 2 aromatic heterocycles. The van der Waals surface area contributed by atoms with Gasteiger partial charge in [0.2, 0.25) is 5.75 Å². The molecule has 0 bridgehead atoms. The van der Waals surface area contributed by atoms with Crippen LogP contribution in [-0.2, 0) is 0 Å². The lowest BCUT2D eigenvalue weighted by atomic mass is 10.0. The molecule has 2 N–H and O–H groups in total. The monoisotopic (exact) mass is 405 g/mol. The number of carboxylic acid groups (broad SMARTS) is 1. The summed E-state index contributed by atoms with van der Waals surface area (Å²) in [6.07, 6.45) is 0. The van der Waals surface area contributed by atoms with Crippen LogP contribution in [-0.4, -0.2) is 47.6 Å². The molecule has 152 valence electrons. The van der Waals surface area contributed by atoms with Gasteiger partial charge in [0.15, 0.2) is 17.1 Å². The number of rotatable bonds is 6. The maximum atomic E-state index is 12.1. The zero-order valence-corrected chi connectivity index (χ0v) is 16.6. The first-order chi connectivity index (χ1) is 14.6. The van der Waals surface area contributed by atoms with Crippen LogP contribution >= 0.6 is 0 Å². The van der Waals surface area contributed by atoms with Crippen LogP contribution in [0.5, 0.6) is 17.2 Å². The predicted molar refractivity (Wildman–Crippen MR) is 111 cm³/mol. The van der Waals surface area contributed by atoms with Crippen LogP contribution in [0.3, 0.4) is 0 Å². The molecule has 2 aromatic carbocycles. The standard InChI is InChI=1S/C22H19N3O5/c1-28-16-10-9-13(19(29-2)20(16)30-3)15-11-14(22(26)27)17-18(24-25-21(17)23-15)12-7-5-4-6-8-12/h4-11H,1-3H3,(H,26,27)(H,23,24,25). The van der Waals surface area contributed by atoms with Gasteiger partial charge < -0.3 is 19.3 Å². The summed E-state index contributed by atoms with van der Waals surface area (Å²) in [5, 5.41) is 17.5. The van der Waals surface area contributed by atoms with E-state index in [9.17, 15) is 9.90 Å². The summed E-state index contributed by atoms with van der Waals surface area (Å²) in [5.41, 5.74) is 2.75. The molecule has 2 heterocycles. The Labute approximate surface area is 172 Å². The average molecular weight is 405 g/mol. The number of aromatic carboxylic acids is 1. The minimum absolute atomic E-state index is 0.0828. The van der Waals surface area contributed by atoms with E-state index >= 15 is 0 Å². The number of carboxylic acids is 1. The highest BCUT2D eigenvalue weighted by Crippen LogP contribution is 2.44. The van der Waals surface area contributed by atoms with E-state index in [1.165, 1.54) is 27.4 Å². The van der Waals surface area contributed by atoms with Crippen molar-refractivity contribution in [2.24, 2.45) is 0 Å². The first kappa shape index (κ1) is 19.3. The molecule has 30 heavy (non-hydrogen) atoms. The Balaban J connectivity index is 1.98. The number of H-pyrrole nitrogens is 1. The third-order valence-electron chi connectivity index (χ3n) is 4.80. The first-order valence-corrected chi connectivity index (χ1v) is 9.06. The number of carbonyl (C=O) groups is 1. The molecule has 0 aliphatic heterocycles. The number of pyridine rings is 1. The van der Waals surface area contributed by atoms with E-state index in [4.69, 9.17) is 14.2 Å². The highest BCUT2D eigenvalue weighted by molar-refractivity contribution is 6.08. The van der Waals surface area contributed by atoms with Gasteiger partial charge in [-0.25, -0.2) is 9.78 Å². The highest BCUT2D eigenvalue weighted by atomic mass is 16.5. The van der Waals surface area contributed by atoms with E-state index < -0.39 is 5.97 Å². The largest absolute Gasteiger partial charge is 0.493 e. The number of nitrogens with one attached hydrogen (secondary N) is 1. The first-order valence-electron chi connectivity index (χ1n) is 9.06. The second kappa shape index (κ2) is 7.75. The van der Waals surface area contributed by atoms with Crippen molar-refractivity contribution < 1.29 is 24.1 Å². The van der Waals surface area contributed by atoms with Crippen LogP contribution in [0.15, 0.2) is 48.5 Å². The molecule has 0 amide bonds. The number of hydrogen-bond acceptors (Lipinski definition) is 6. The average Bonchev–Trinajstić information content (AvgIpc) is 3.21. The minimum atomic E-state index is -1.08. The second-order valence-electron chi connectivity index (χ2n) is 6.41. The van der Waals surface area contributed by atoms with Gasteiger partial charge in [-0.05, 0) is 18.2 Å². The Bertz CT molecular complexity index is 1230. The molecular formula is C22H19N3O5. The molecule has 0 aliphatic rings. The normalized spacial score (nSPS) is 10.8. The SMILES string of the molecule is COc1ccc(-c2cc(C(=O)O)c3c(-c4ccccc4)[nH]nc3n2)c(OC)c1OC. The predicted octanol–water partition coefficient (Wildman–Crippen LogP) is 4.02. The number of aromatic amines is 1. The molecule has 0 saturated carbocycles. The number of fused-ring (bicyclic) bond motifs is 1. The number of methoxy groups -OCH3 is 3. The topological polar surface area (TPSA) is 107 Å². The van der Waals surface area contributed by atoms with Crippen molar-refractivity contribution in [3.63, 3.8) is 0 Å². The third-order valence-corrected chi connectivity index (χ3v) is 4.80. The molecule has 8 nitrogen and oxygen atoms in total. The van der Waals surface area contributed by atoms with Gasteiger partial charge in [-0.1, -0.05) is 30.3 Å². The van der Waals surface area contributed by atoms with Gasteiger partial charge in [-0.2, -0.15) is 5.10 Å². The summed E-state index contributed by atoms with van der Waals surface area (Å²) < 4.78 is 16.3. The van der Waals surface area contributed by atoms with E-state index in [1.54, 1.807) is 12.1 Å². The third kappa shape index (κ3) is 3.08. The molecule has 0 radical (unpaired) electrons. The quantitative estimate of drug-likeness (QED) is 0.499. The molecule has 0 aliphatic carbocycles. The number of aromatic nitrogens is 3. The number of benzene rings is 2. The van der Waals surface area contributed by atoms with E-state index in [1.807, 2.05) is 30.3 Å². The summed E-state index contributed by atoms with van der Waals surface area (Å²) >= 11 is 0. The van der Waals surface area contributed by atoms with E-state index in [2.05, 4.69) is 15.2 Å². The Kier molecular flexibility index (Phi) is 4.97. The molecule has 4 aromatic rings. The number of ether oxygens (including phenoxy) is 3. The zero-order chi connectivity index (χ0) is 21.3. The Morgan fingerprint density at radius 2 is 1.70 bits per heavy atom. The maximum absolute atomic E-state index is 12.1. The van der Waals surface area contributed by atoms with Crippen molar-refractivity contribution in [1.82, 2.24) is 15.2 Å². The van der Waals surface area contributed by atoms with Crippen LogP contribution in [0.25, 0.3) is 33.5 Å². The van der Waals surface area contributed by atoms with E-state index in [0.717, 1.165) is 5.56 Å². The molecule has 0 unspecified atom stereocenters. The molecule has 0 spiro atoms. The molecule has 8 heteroatoms. The molecule has 0 saturated heterocycles. The van der Waals surface area contributed by atoms with Gasteiger partial charge in [-0.3, -0.25) is 5.10 Å². The van der Waals surface area contributed by atoms with E-state index in [0.29, 0.717) is 45.2 Å². The Morgan fingerprint density at radius 1 is 0.967 bits per heavy atom. The number of nitrogens with zero attached hydrogens (tertiary/aromatic N) is 2. The minimum Gasteiger partial charge on any atom is -0.493 e. The lowest BCUT2D eigenvalue weighted by molar-refractivity contribution is 0.0699. The lowest BCUT2D eigenvalue weighted by Crippen LogP contribution is -2.02. The molecular weight excluding hydrogens is 386 g/mol. The van der Waals surface area contributed by atoms with Crippen molar-refractivity contribution in [3.05, 3.63) is 54.1 Å². The Hall–Kier alpha value is -4.07. The van der Waals surface area contributed by atoms with Crippen molar-refractivity contribution in [2.75, 3.05) is 21.3 Å². The van der Waals surface area contributed by atoms with Crippen LogP contribution in [0, 0.1) is 0 Å². The van der Waals surface area contributed by atoms with Crippen molar-refractivity contribution in [2.45, 2.75) is 0 Å². The molecule has 0 fully saturated rings.